The summed E-state index contributed by atoms with van der Waals surface area (Å²) in [6.45, 7) is 24.7. The molecule has 5 saturated heterocycles. The van der Waals surface area contributed by atoms with Crippen molar-refractivity contribution in [1.29, 1.82) is 0 Å². The lowest BCUT2D eigenvalue weighted by Gasteiger charge is -2.37. The third-order valence-electron chi connectivity index (χ3n) is 22.5. The minimum Gasteiger partial charge on any atom is -0.493 e. The van der Waals surface area contributed by atoms with Crippen LogP contribution in [-0.4, -0.2) is 214 Å². The first-order valence-electron chi connectivity index (χ1n) is 40.0. The first-order chi connectivity index (χ1) is 53.1. The lowest BCUT2D eigenvalue weighted by Crippen LogP contribution is -2.42. The number of hydrogen-bond donors (Lipinski definition) is 0. The summed E-state index contributed by atoms with van der Waals surface area (Å²) >= 11 is 0. The Kier molecular flexibility index (Phi) is 26.9. The SMILES string of the molecule is COc1cc2c(N(C)C3CCN(C)CC3)cc(-c3ccc(C)o3)nc2cc1OCCCN1CCCC1.COc1cc2c(N(C)CC3CCN(C)CC3)cc(-c3ccc(C)o3)nc2cc1OCCCN1CCCC1.COc1cc2c(N(C)Cc3ccccc3)cc(-c3ccc(C)o3)nc2cc1OCCCN1CCCC1. The summed E-state index contributed by atoms with van der Waals surface area (Å²) in [5, 5.41) is 3.16. The minimum absolute atomic E-state index is 0.477. The zero-order valence-corrected chi connectivity index (χ0v) is 66.7. The Morgan fingerprint density at radius 1 is 0.404 bits per heavy atom. The number of ether oxygens (including phenoxy) is 6. The Balaban J connectivity index is 0.000000144. The maximum atomic E-state index is 6.24. The number of likely N-dealkylation sites (tertiary alicyclic amines) is 5. The fourth-order valence-electron chi connectivity index (χ4n) is 16.2. The van der Waals surface area contributed by atoms with Crippen LogP contribution in [0.25, 0.3) is 67.1 Å². The van der Waals surface area contributed by atoms with Gasteiger partial charge in [-0.15, -0.1) is 0 Å². The van der Waals surface area contributed by atoms with E-state index in [2.05, 4.69) is 129 Å². The van der Waals surface area contributed by atoms with Gasteiger partial charge in [0.05, 0.1) is 57.7 Å². The smallest absolute Gasteiger partial charge is 0.163 e. The highest BCUT2D eigenvalue weighted by Gasteiger charge is 2.27. The van der Waals surface area contributed by atoms with Crippen LogP contribution in [0.3, 0.4) is 0 Å². The zero-order valence-electron chi connectivity index (χ0n) is 66.7. The molecule has 15 rings (SSSR count). The summed E-state index contributed by atoms with van der Waals surface area (Å²) in [7, 11) is 16.0. The van der Waals surface area contributed by atoms with E-state index in [1.54, 1.807) is 21.3 Å². The van der Waals surface area contributed by atoms with Crippen molar-refractivity contribution in [3.8, 4) is 68.9 Å². The molecule has 109 heavy (non-hydrogen) atoms. The third kappa shape index (κ3) is 20.3. The van der Waals surface area contributed by atoms with Gasteiger partial charge in [0, 0.05) is 111 Å². The fraction of sp³-hybridized carbons (Fsp3) is 0.494. The lowest BCUT2D eigenvalue weighted by molar-refractivity contribution is 0.222. The number of rotatable bonds is 29. The second-order valence-electron chi connectivity index (χ2n) is 30.7. The van der Waals surface area contributed by atoms with Gasteiger partial charge in [-0.2, -0.15) is 0 Å². The van der Waals surface area contributed by atoms with Gasteiger partial charge in [-0.05, 0) is 268 Å². The first kappa shape index (κ1) is 78.1. The number of pyridine rings is 3. The third-order valence-corrected chi connectivity index (χ3v) is 22.5. The van der Waals surface area contributed by atoms with Gasteiger partial charge in [-0.25, -0.2) is 15.0 Å². The molecule has 0 unspecified atom stereocenters. The number of aromatic nitrogens is 3. The number of piperidine rings is 2. The van der Waals surface area contributed by atoms with Crippen LogP contribution in [0.4, 0.5) is 17.1 Å². The topological polar surface area (TPSA) is 159 Å². The van der Waals surface area contributed by atoms with E-state index >= 15 is 0 Å². The second-order valence-corrected chi connectivity index (χ2v) is 30.7. The maximum absolute atomic E-state index is 6.24. The monoisotopic (exact) mass is 1480 g/mol. The summed E-state index contributed by atoms with van der Waals surface area (Å²) in [5.41, 5.74) is 9.73. The zero-order chi connectivity index (χ0) is 75.8. The van der Waals surface area contributed by atoms with Crippen LogP contribution in [0, 0.1) is 26.7 Å². The highest BCUT2D eigenvalue weighted by atomic mass is 16.5. The number of anilines is 3. The number of methoxy groups -OCH3 is 3. The predicted molar refractivity (Wildman–Crippen MR) is 441 cm³/mol. The van der Waals surface area contributed by atoms with Crippen LogP contribution in [0.1, 0.15) is 106 Å². The molecule has 5 fully saturated rings. The molecule has 0 saturated carbocycles. The Bertz CT molecular complexity index is 4540. The molecule has 4 aromatic carbocycles. The lowest BCUT2D eigenvalue weighted by atomic mass is 9.96. The van der Waals surface area contributed by atoms with Crippen LogP contribution in [-0.2, 0) is 6.54 Å². The number of fused-ring (bicyclic) bond motifs is 3. The molecule has 0 radical (unpaired) electrons. The molecule has 20 heteroatoms. The maximum Gasteiger partial charge on any atom is 0.163 e. The van der Waals surface area contributed by atoms with Gasteiger partial charge in [-0.1, -0.05) is 30.3 Å². The molecule has 0 amide bonds. The van der Waals surface area contributed by atoms with Crippen molar-refractivity contribution in [1.82, 2.24) is 39.5 Å². The molecule has 0 atom stereocenters. The van der Waals surface area contributed by atoms with Gasteiger partial charge in [0.1, 0.15) is 34.4 Å². The van der Waals surface area contributed by atoms with E-state index in [4.69, 9.17) is 56.6 Å². The standard InChI is InChI=1S/C30H42N4O3.C30H35N3O3.C29H40N4O3/c1-22-8-9-28(37-22)26-19-27(33(3)21-23-10-15-32(2)16-11-23)24-18-29(35-4)30(20-25(24)31-26)36-17-7-14-34-12-5-6-13-34;1-22-12-13-28(36-22)26-19-27(32(2)21-23-10-5-4-6-11-23)24-18-29(34-3)30(20-25(24)31-26)35-17-9-16-33-14-7-8-15-33;1-21-8-9-27(36-21)25-19-26(32(3)22-10-15-31(2)16-11-22)23-18-28(34-4)29(20-24(23)30-25)35-17-7-14-33-12-5-6-13-33/h8-9,18-20,23H,5-7,10-17,21H2,1-4H3;4-6,10-13,18-20H,7-9,14-17,21H2,1-3H3;8-9,18-20,22H,5-7,10-17H2,1-4H3. The van der Waals surface area contributed by atoms with Crippen LogP contribution < -0.4 is 43.1 Å². The van der Waals surface area contributed by atoms with E-state index in [-0.39, 0.29) is 0 Å². The van der Waals surface area contributed by atoms with E-state index in [0.717, 1.165) is 214 Å². The van der Waals surface area contributed by atoms with E-state index in [9.17, 15) is 0 Å². The molecule has 0 bridgehead atoms. The summed E-state index contributed by atoms with van der Waals surface area (Å²) < 4.78 is 53.9. The van der Waals surface area contributed by atoms with Crippen molar-refractivity contribution in [2.24, 2.45) is 5.92 Å². The molecule has 20 nitrogen and oxygen atoms in total. The van der Waals surface area contributed by atoms with Crippen LogP contribution in [0.2, 0.25) is 0 Å². The van der Waals surface area contributed by atoms with Crippen molar-refractivity contribution < 1.29 is 41.7 Å². The molecule has 10 aromatic rings. The molecule has 6 aromatic heterocycles. The van der Waals surface area contributed by atoms with Crippen molar-refractivity contribution >= 4 is 49.8 Å². The average molecular weight is 1480 g/mol. The molecule has 11 heterocycles. The predicted octanol–water partition coefficient (Wildman–Crippen LogP) is 17.0. The number of hydrogen-bond acceptors (Lipinski definition) is 20. The Hall–Kier alpha value is -9.05. The van der Waals surface area contributed by atoms with Crippen LogP contribution >= 0.6 is 0 Å². The van der Waals surface area contributed by atoms with Crippen LogP contribution in [0.5, 0.6) is 34.5 Å². The minimum atomic E-state index is 0.477. The molecular weight excluding hydrogens is 1370 g/mol. The average Bonchev–Trinajstić information content (AvgIpc) is 1.56. The number of furan rings is 3. The molecule has 0 N–H and O–H groups in total. The van der Waals surface area contributed by atoms with Gasteiger partial charge >= 0.3 is 0 Å². The number of nitrogens with zero attached hydrogens (tertiary/aromatic N) is 11. The normalized spacial score (nSPS) is 16.4. The van der Waals surface area contributed by atoms with E-state index in [1.165, 1.54) is 109 Å². The molecule has 5 aliphatic rings. The van der Waals surface area contributed by atoms with E-state index < -0.39 is 0 Å². The van der Waals surface area contributed by atoms with Crippen molar-refractivity contribution in [3.05, 3.63) is 144 Å². The Morgan fingerprint density at radius 2 is 0.761 bits per heavy atom. The number of aryl methyl sites for hydroxylation is 3. The second kappa shape index (κ2) is 37.6. The highest BCUT2D eigenvalue weighted by Crippen LogP contribution is 2.43. The Morgan fingerprint density at radius 3 is 1.13 bits per heavy atom. The summed E-state index contributed by atoms with van der Waals surface area (Å²) in [5.74, 6) is 10.1. The van der Waals surface area contributed by atoms with Crippen molar-refractivity contribution in [2.75, 3.05) is 183 Å². The summed E-state index contributed by atoms with van der Waals surface area (Å²) in [4.78, 5) is 34.4. The van der Waals surface area contributed by atoms with Crippen molar-refractivity contribution in [2.45, 2.75) is 117 Å². The molecule has 5 aliphatic heterocycles. The fourth-order valence-corrected chi connectivity index (χ4v) is 16.2. The highest BCUT2D eigenvalue weighted by molar-refractivity contribution is 5.98. The largest absolute Gasteiger partial charge is 0.493 e. The molecular formula is C89H117N11O9. The van der Waals surface area contributed by atoms with Crippen LogP contribution in [0.15, 0.2) is 135 Å². The summed E-state index contributed by atoms with van der Waals surface area (Å²) in [6.07, 6.45) is 15.6. The van der Waals surface area contributed by atoms with E-state index in [0.29, 0.717) is 31.8 Å². The van der Waals surface area contributed by atoms with Gasteiger partial charge in [0.2, 0.25) is 0 Å². The Labute approximate surface area is 646 Å². The number of benzene rings is 4. The van der Waals surface area contributed by atoms with Gasteiger partial charge in [-0.3, -0.25) is 0 Å². The molecule has 0 aliphatic carbocycles. The summed E-state index contributed by atoms with van der Waals surface area (Å²) in [6, 6.07) is 41.6. The molecule has 582 valence electrons. The van der Waals surface area contributed by atoms with Gasteiger partial charge in [0.25, 0.3) is 0 Å². The van der Waals surface area contributed by atoms with Gasteiger partial charge < -0.3 is 80.9 Å². The van der Waals surface area contributed by atoms with Gasteiger partial charge in [0.15, 0.2) is 51.8 Å². The van der Waals surface area contributed by atoms with Crippen molar-refractivity contribution in [3.63, 3.8) is 0 Å². The first-order valence-corrected chi connectivity index (χ1v) is 40.0. The van der Waals surface area contributed by atoms with E-state index in [1.807, 2.05) is 87.5 Å². The molecule has 0 spiro atoms. The quantitative estimate of drug-likeness (QED) is 0.0407.